The molecular formula is C7H13OPS3. The molecule has 1 nitrogen and oxygen atoms in total. The third-order valence-electron chi connectivity index (χ3n) is 2.99. The van der Waals surface area contributed by atoms with E-state index in [0.29, 0.717) is 4.75 Å². The van der Waals surface area contributed by atoms with Crippen molar-refractivity contribution in [3.63, 3.8) is 0 Å². The molecule has 0 radical (unpaired) electrons. The maximum Gasteiger partial charge on any atom is 0.169 e. The van der Waals surface area contributed by atoms with Gasteiger partial charge in [-0.25, -0.2) is 0 Å². The van der Waals surface area contributed by atoms with Crippen LogP contribution in [-0.2, 0) is 11.8 Å². The van der Waals surface area contributed by atoms with Crippen molar-refractivity contribution in [3.05, 3.63) is 0 Å². The number of fused-ring (bicyclic) bond motifs is 2. The van der Waals surface area contributed by atoms with E-state index in [-0.39, 0.29) is 0 Å². The molecule has 2 aliphatic carbocycles. The Morgan fingerprint density at radius 2 is 2.08 bits per heavy atom. The molecule has 0 aliphatic heterocycles. The second-order valence-corrected chi connectivity index (χ2v) is 13.7. The van der Waals surface area contributed by atoms with Crippen molar-refractivity contribution in [1.82, 2.24) is 0 Å². The lowest BCUT2D eigenvalue weighted by Gasteiger charge is -2.27. The Kier molecular flexibility index (Phi) is 2.60. The highest BCUT2D eigenvalue weighted by Gasteiger charge is 2.47. The van der Waals surface area contributed by atoms with Crippen LogP contribution in [0.4, 0.5) is 0 Å². The number of hydrogen-bond donors (Lipinski definition) is 2. The molecule has 2 rings (SSSR count). The zero-order chi connectivity index (χ0) is 8.82. The number of hydrogen-bond acceptors (Lipinski definition) is 2. The highest BCUT2D eigenvalue weighted by Crippen LogP contribution is 2.71. The second-order valence-electron chi connectivity index (χ2n) is 3.91. The standard InChI is InChI=1S/C7H13OPS3/c8-9(10,11)12-7-3-1-6(5-7)2-4-7/h6H,1-5H2,(H2,8,10,11). The molecule has 0 aromatic rings. The number of thiol groups is 1. The third-order valence-corrected chi connectivity index (χ3v) is 7.47. The predicted octanol–water partition coefficient (Wildman–Crippen LogP) is 3.20. The minimum absolute atomic E-state index is 0.330. The molecule has 1 atom stereocenters. The van der Waals surface area contributed by atoms with Crippen molar-refractivity contribution in [1.29, 1.82) is 0 Å². The SMILES string of the molecule is OP(=S)(S)SC12CCC(CC1)C2. The van der Waals surface area contributed by atoms with Gasteiger partial charge in [-0.05, 0) is 49.8 Å². The van der Waals surface area contributed by atoms with E-state index in [4.69, 9.17) is 11.8 Å². The van der Waals surface area contributed by atoms with E-state index < -0.39 is 4.67 Å². The van der Waals surface area contributed by atoms with Crippen LogP contribution in [0, 0.1) is 5.92 Å². The second kappa shape index (κ2) is 3.16. The van der Waals surface area contributed by atoms with E-state index in [1.807, 2.05) is 0 Å². The Labute approximate surface area is 87.7 Å². The largest absolute Gasteiger partial charge is 0.350 e. The summed E-state index contributed by atoms with van der Waals surface area (Å²) in [6.45, 7) is 0. The van der Waals surface area contributed by atoms with Gasteiger partial charge in [0.15, 0.2) is 4.67 Å². The van der Waals surface area contributed by atoms with E-state index in [1.54, 1.807) is 11.4 Å². The zero-order valence-corrected chi connectivity index (χ0v) is 10.2. The van der Waals surface area contributed by atoms with Crippen molar-refractivity contribution in [2.24, 2.45) is 5.92 Å². The van der Waals surface area contributed by atoms with Gasteiger partial charge in [0.05, 0.1) is 0 Å². The molecule has 70 valence electrons. The van der Waals surface area contributed by atoms with E-state index in [1.165, 1.54) is 32.1 Å². The minimum atomic E-state index is -2.33. The van der Waals surface area contributed by atoms with Crippen LogP contribution in [0.5, 0.6) is 0 Å². The smallest absolute Gasteiger partial charge is 0.169 e. The molecule has 0 saturated heterocycles. The van der Waals surface area contributed by atoms with Gasteiger partial charge in [-0.1, -0.05) is 11.4 Å². The van der Waals surface area contributed by atoms with Crippen LogP contribution in [0.1, 0.15) is 32.1 Å². The first-order chi connectivity index (χ1) is 5.49. The van der Waals surface area contributed by atoms with Crippen LogP contribution in [-0.4, -0.2) is 9.64 Å². The van der Waals surface area contributed by atoms with Gasteiger partial charge in [0.25, 0.3) is 0 Å². The fourth-order valence-corrected chi connectivity index (χ4v) is 9.02. The lowest BCUT2D eigenvalue weighted by atomic mass is 10.0. The summed E-state index contributed by atoms with van der Waals surface area (Å²) in [6.07, 6.45) is 6.47. The van der Waals surface area contributed by atoms with Crippen LogP contribution in [0.25, 0.3) is 0 Å². The van der Waals surface area contributed by atoms with Gasteiger partial charge >= 0.3 is 0 Å². The van der Waals surface area contributed by atoms with Crippen LogP contribution in [0.2, 0.25) is 0 Å². The van der Waals surface area contributed by atoms with Crippen LogP contribution in [0.15, 0.2) is 0 Å². The zero-order valence-electron chi connectivity index (χ0n) is 6.77. The number of rotatable bonds is 2. The fraction of sp³-hybridized carbons (Fsp3) is 1.00. The molecular weight excluding hydrogens is 227 g/mol. The summed E-state index contributed by atoms with van der Waals surface area (Å²) in [5, 5.41) is 0. The molecule has 2 saturated carbocycles. The Morgan fingerprint density at radius 3 is 2.42 bits per heavy atom. The molecule has 0 spiro atoms. The highest BCUT2D eigenvalue weighted by atomic mass is 33.2. The van der Waals surface area contributed by atoms with Gasteiger partial charge in [0, 0.05) is 4.75 Å². The summed E-state index contributed by atoms with van der Waals surface area (Å²) < 4.78 is -2.00. The Morgan fingerprint density at radius 1 is 1.50 bits per heavy atom. The molecule has 2 fully saturated rings. The fourth-order valence-electron chi connectivity index (χ4n) is 2.52. The van der Waals surface area contributed by atoms with E-state index in [2.05, 4.69) is 12.2 Å². The summed E-state index contributed by atoms with van der Waals surface area (Å²) in [5.41, 5.74) is 0. The Balaban J connectivity index is 2.08. The highest BCUT2D eigenvalue weighted by molar-refractivity contribution is 8.95. The average Bonchev–Trinajstić information content (AvgIpc) is 2.40. The quantitative estimate of drug-likeness (QED) is 0.571. The molecule has 0 heterocycles. The first-order valence-corrected chi connectivity index (χ1v) is 9.58. The molecule has 2 bridgehead atoms. The van der Waals surface area contributed by atoms with Crippen molar-refractivity contribution in [2.45, 2.75) is 36.9 Å². The van der Waals surface area contributed by atoms with Crippen LogP contribution in [0.3, 0.4) is 0 Å². The summed E-state index contributed by atoms with van der Waals surface area (Å²) in [5.74, 6) is 0.924. The predicted molar refractivity (Wildman–Crippen MR) is 62.4 cm³/mol. The van der Waals surface area contributed by atoms with Crippen molar-refractivity contribution in [3.8, 4) is 0 Å². The lowest BCUT2D eigenvalue weighted by Crippen LogP contribution is -2.15. The topological polar surface area (TPSA) is 20.2 Å². The Bertz CT molecular complexity index is 229. The lowest BCUT2D eigenvalue weighted by molar-refractivity contribution is 0.500. The molecule has 12 heavy (non-hydrogen) atoms. The first kappa shape index (κ1) is 9.85. The van der Waals surface area contributed by atoms with E-state index in [9.17, 15) is 4.89 Å². The molecule has 1 N–H and O–H groups in total. The van der Waals surface area contributed by atoms with Gasteiger partial charge in [-0.3, -0.25) is 0 Å². The maximum absolute atomic E-state index is 9.55. The van der Waals surface area contributed by atoms with E-state index >= 15 is 0 Å². The summed E-state index contributed by atoms with van der Waals surface area (Å²) in [6, 6.07) is 0. The van der Waals surface area contributed by atoms with Crippen molar-refractivity contribution < 1.29 is 4.89 Å². The molecule has 0 amide bonds. The molecule has 1 unspecified atom stereocenters. The summed E-state index contributed by atoms with van der Waals surface area (Å²) >= 11 is 10.7. The molecule has 0 aromatic carbocycles. The van der Waals surface area contributed by atoms with Gasteiger partial charge in [-0.15, -0.1) is 12.2 Å². The van der Waals surface area contributed by atoms with Crippen molar-refractivity contribution >= 4 is 40.1 Å². The monoisotopic (exact) mass is 240 g/mol. The van der Waals surface area contributed by atoms with Gasteiger partial charge in [0.2, 0.25) is 0 Å². The summed E-state index contributed by atoms with van der Waals surface area (Å²) in [7, 11) is 0. The van der Waals surface area contributed by atoms with Gasteiger partial charge < -0.3 is 4.89 Å². The van der Waals surface area contributed by atoms with Gasteiger partial charge in [0.1, 0.15) is 0 Å². The summed E-state index contributed by atoms with van der Waals surface area (Å²) in [4.78, 5) is 9.55. The van der Waals surface area contributed by atoms with Crippen LogP contribution < -0.4 is 0 Å². The molecule has 2 aliphatic rings. The van der Waals surface area contributed by atoms with Crippen LogP contribution >= 0.6 is 28.3 Å². The van der Waals surface area contributed by atoms with E-state index in [0.717, 1.165) is 5.92 Å². The normalized spacial score (nSPS) is 44.7. The van der Waals surface area contributed by atoms with Gasteiger partial charge in [-0.2, -0.15) is 0 Å². The molecule has 5 heteroatoms. The average molecular weight is 240 g/mol. The first-order valence-electron chi connectivity index (χ1n) is 4.25. The molecule has 0 aromatic heterocycles. The maximum atomic E-state index is 9.55. The third kappa shape index (κ3) is 2.03. The Hall–Kier alpha value is 1.31. The van der Waals surface area contributed by atoms with Crippen molar-refractivity contribution in [2.75, 3.05) is 0 Å². The minimum Gasteiger partial charge on any atom is -0.350 e.